The lowest BCUT2D eigenvalue weighted by atomic mass is 9.87. The van der Waals surface area contributed by atoms with E-state index >= 15 is 0 Å². The molecule has 0 aliphatic heterocycles. The Kier molecular flexibility index (Phi) is 4.89. The highest BCUT2D eigenvalue weighted by Gasteiger charge is 2.19. The van der Waals surface area contributed by atoms with Crippen LogP contribution >= 0.6 is 11.3 Å². The van der Waals surface area contributed by atoms with Gasteiger partial charge in [-0.1, -0.05) is 87.5 Å². The van der Waals surface area contributed by atoms with Gasteiger partial charge in [0.25, 0.3) is 0 Å². The number of hydrogen-bond donors (Lipinski definition) is 0. The highest BCUT2D eigenvalue weighted by Crippen LogP contribution is 2.38. The average Bonchev–Trinajstić information content (AvgIpc) is 3.45. The largest absolute Gasteiger partial charge is 0.292 e. The molecule has 4 aromatic carbocycles. The lowest BCUT2D eigenvalue weighted by molar-refractivity contribution is 0.591. The summed E-state index contributed by atoms with van der Waals surface area (Å²) in [6, 6.07) is 34.6. The van der Waals surface area contributed by atoms with Crippen molar-refractivity contribution in [2.24, 2.45) is 0 Å². The van der Waals surface area contributed by atoms with Gasteiger partial charge in [0.2, 0.25) is 0 Å². The number of thiophene rings is 1. The van der Waals surface area contributed by atoms with Crippen molar-refractivity contribution in [3.63, 3.8) is 0 Å². The van der Waals surface area contributed by atoms with Gasteiger partial charge in [-0.3, -0.25) is 4.57 Å². The number of fused-ring (bicyclic) bond motifs is 2. The second-order valence-corrected chi connectivity index (χ2v) is 10.7. The van der Waals surface area contributed by atoms with Gasteiger partial charge in [-0.25, -0.2) is 4.98 Å². The molecule has 6 aromatic rings. The van der Waals surface area contributed by atoms with Crippen LogP contribution in [0, 0.1) is 0 Å². The van der Waals surface area contributed by atoms with Gasteiger partial charge in [-0.15, -0.1) is 11.3 Å². The van der Waals surface area contributed by atoms with Crippen LogP contribution in [0.1, 0.15) is 26.3 Å². The number of imidazole rings is 1. The molecule has 0 aliphatic carbocycles. The van der Waals surface area contributed by atoms with Gasteiger partial charge in [0, 0.05) is 26.7 Å². The summed E-state index contributed by atoms with van der Waals surface area (Å²) >= 11 is 1.80. The van der Waals surface area contributed by atoms with Crippen LogP contribution in [0.15, 0.2) is 102 Å². The number of rotatable bonds is 3. The van der Waals surface area contributed by atoms with Crippen LogP contribution in [0.5, 0.6) is 0 Å². The lowest BCUT2D eigenvalue weighted by Crippen LogP contribution is -2.10. The first-order valence-electron chi connectivity index (χ1n) is 11.6. The fourth-order valence-corrected chi connectivity index (χ4v) is 5.55. The molecule has 0 saturated carbocycles. The Labute approximate surface area is 204 Å². The Balaban J connectivity index is 1.53. The topological polar surface area (TPSA) is 17.8 Å². The van der Waals surface area contributed by atoms with Gasteiger partial charge in [-0.05, 0) is 52.4 Å². The van der Waals surface area contributed by atoms with Crippen molar-refractivity contribution in [3.05, 3.63) is 108 Å². The van der Waals surface area contributed by atoms with E-state index in [0.29, 0.717) is 0 Å². The van der Waals surface area contributed by atoms with E-state index in [2.05, 4.69) is 128 Å². The maximum atomic E-state index is 5.10. The smallest absolute Gasteiger partial charge is 0.147 e. The maximum Gasteiger partial charge on any atom is 0.147 e. The van der Waals surface area contributed by atoms with Gasteiger partial charge >= 0.3 is 0 Å². The maximum absolute atomic E-state index is 5.10. The molecule has 0 N–H and O–H groups in total. The zero-order chi connectivity index (χ0) is 23.3. The first-order chi connectivity index (χ1) is 16.5. The van der Waals surface area contributed by atoms with E-state index in [1.165, 1.54) is 32.3 Å². The summed E-state index contributed by atoms with van der Waals surface area (Å²) in [5.41, 5.74) is 8.36. The molecule has 0 aliphatic rings. The minimum absolute atomic E-state index is 0.131. The molecule has 166 valence electrons. The molecule has 0 fully saturated rings. The first-order valence-corrected chi connectivity index (χ1v) is 12.5. The van der Waals surface area contributed by atoms with Crippen LogP contribution in [0.3, 0.4) is 0 Å². The SMILES string of the molecule is CC(C)(C)c1ccc2c(-c3nc4ccccc4n3-c3ccc(-c4ccccc4)cc3)csc2c1. The van der Waals surface area contributed by atoms with E-state index in [1.54, 1.807) is 11.3 Å². The second-order valence-electron chi connectivity index (χ2n) is 9.78. The van der Waals surface area contributed by atoms with E-state index in [9.17, 15) is 0 Å². The van der Waals surface area contributed by atoms with Crippen LogP contribution < -0.4 is 0 Å². The molecule has 0 unspecified atom stereocenters. The van der Waals surface area contributed by atoms with Gasteiger partial charge in [0.15, 0.2) is 0 Å². The summed E-state index contributed by atoms with van der Waals surface area (Å²) in [5, 5.41) is 3.52. The van der Waals surface area contributed by atoms with Gasteiger partial charge in [-0.2, -0.15) is 0 Å². The molecule has 6 rings (SSSR count). The Bertz CT molecular complexity index is 1610. The third kappa shape index (κ3) is 3.53. The van der Waals surface area contributed by atoms with E-state index < -0.39 is 0 Å². The Hall–Kier alpha value is -3.69. The van der Waals surface area contributed by atoms with Crippen molar-refractivity contribution in [1.82, 2.24) is 9.55 Å². The number of para-hydroxylation sites is 2. The summed E-state index contributed by atoms with van der Waals surface area (Å²) in [6.07, 6.45) is 0. The molecule has 0 radical (unpaired) electrons. The number of nitrogens with zero attached hydrogens (tertiary/aromatic N) is 2. The molecule has 2 nitrogen and oxygen atoms in total. The number of benzene rings is 4. The minimum Gasteiger partial charge on any atom is -0.292 e. The monoisotopic (exact) mass is 458 g/mol. The molecular weight excluding hydrogens is 432 g/mol. The molecule has 2 aromatic heterocycles. The summed E-state index contributed by atoms with van der Waals surface area (Å²) in [5.74, 6) is 0.989. The van der Waals surface area contributed by atoms with Gasteiger partial charge in [0.05, 0.1) is 11.0 Å². The highest BCUT2D eigenvalue weighted by atomic mass is 32.1. The summed E-state index contributed by atoms with van der Waals surface area (Å²) in [4.78, 5) is 5.10. The zero-order valence-electron chi connectivity index (χ0n) is 19.6. The molecule has 0 spiro atoms. The van der Waals surface area contributed by atoms with Crippen LogP contribution in [-0.4, -0.2) is 9.55 Å². The zero-order valence-corrected chi connectivity index (χ0v) is 20.4. The van der Waals surface area contributed by atoms with Crippen molar-refractivity contribution in [1.29, 1.82) is 0 Å². The molecular formula is C31H26N2S. The van der Waals surface area contributed by atoms with E-state index in [0.717, 1.165) is 22.5 Å². The van der Waals surface area contributed by atoms with E-state index in [-0.39, 0.29) is 5.41 Å². The Morgan fingerprint density at radius 1 is 0.735 bits per heavy atom. The number of aromatic nitrogens is 2. The predicted octanol–water partition coefficient (Wildman–Crippen LogP) is 8.87. The quantitative estimate of drug-likeness (QED) is 0.259. The van der Waals surface area contributed by atoms with Crippen LogP contribution in [-0.2, 0) is 5.41 Å². The van der Waals surface area contributed by atoms with E-state index in [1.807, 2.05) is 0 Å². The normalized spacial score (nSPS) is 12.0. The minimum atomic E-state index is 0.131. The summed E-state index contributed by atoms with van der Waals surface area (Å²) < 4.78 is 3.60. The van der Waals surface area contributed by atoms with Crippen LogP contribution in [0.25, 0.3) is 49.3 Å². The third-order valence-electron chi connectivity index (χ3n) is 6.48. The van der Waals surface area contributed by atoms with Crippen LogP contribution in [0.2, 0.25) is 0 Å². The third-order valence-corrected chi connectivity index (χ3v) is 7.42. The van der Waals surface area contributed by atoms with Crippen LogP contribution in [0.4, 0.5) is 0 Å². The van der Waals surface area contributed by atoms with Gasteiger partial charge in [0.1, 0.15) is 5.82 Å². The number of hydrogen-bond acceptors (Lipinski definition) is 2. The van der Waals surface area contributed by atoms with Crippen molar-refractivity contribution < 1.29 is 0 Å². The first kappa shape index (κ1) is 20.9. The van der Waals surface area contributed by atoms with Gasteiger partial charge < -0.3 is 0 Å². The molecule has 0 atom stereocenters. The molecule has 34 heavy (non-hydrogen) atoms. The molecule has 0 bridgehead atoms. The standard InChI is InChI=1S/C31H26N2S/c1-31(2,3)23-15-18-25-26(20-34-29(25)19-23)30-32-27-11-7-8-12-28(27)33(30)24-16-13-22(14-17-24)21-9-5-4-6-10-21/h4-20H,1-3H3. The van der Waals surface area contributed by atoms with Crippen molar-refractivity contribution in [2.45, 2.75) is 26.2 Å². The average molecular weight is 459 g/mol. The predicted molar refractivity (Wildman–Crippen MR) is 146 cm³/mol. The summed E-state index contributed by atoms with van der Waals surface area (Å²) in [6.45, 7) is 6.80. The Morgan fingerprint density at radius 3 is 2.21 bits per heavy atom. The fourth-order valence-electron chi connectivity index (χ4n) is 4.57. The van der Waals surface area contributed by atoms with Crippen molar-refractivity contribution >= 4 is 32.5 Å². The van der Waals surface area contributed by atoms with Crippen molar-refractivity contribution in [3.8, 4) is 28.2 Å². The van der Waals surface area contributed by atoms with E-state index in [4.69, 9.17) is 4.98 Å². The molecule has 3 heteroatoms. The lowest BCUT2D eigenvalue weighted by Gasteiger charge is -2.18. The summed E-state index contributed by atoms with van der Waals surface area (Å²) in [7, 11) is 0. The second kappa shape index (κ2) is 7.96. The molecule has 2 heterocycles. The molecule has 0 amide bonds. The molecule has 0 saturated heterocycles. The van der Waals surface area contributed by atoms with Crippen molar-refractivity contribution in [2.75, 3.05) is 0 Å². The highest BCUT2D eigenvalue weighted by molar-refractivity contribution is 7.17. The Morgan fingerprint density at radius 2 is 1.44 bits per heavy atom. The fraction of sp³-hybridized carbons (Fsp3) is 0.129.